The summed E-state index contributed by atoms with van der Waals surface area (Å²) in [7, 11) is 0. The summed E-state index contributed by atoms with van der Waals surface area (Å²) in [5, 5.41) is 10.3. The number of ketones is 1. The Morgan fingerprint density at radius 2 is 1.65 bits per heavy atom. The van der Waals surface area contributed by atoms with Gasteiger partial charge in [0, 0.05) is 11.1 Å². The molecule has 0 amide bonds. The molecule has 0 saturated heterocycles. The molecule has 0 atom stereocenters. The molecule has 3 rings (SSSR count). The maximum atomic E-state index is 12.9. The number of H-pyrrole nitrogens is 1. The summed E-state index contributed by atoms with van der Waals surface area (Å²) >= 11 is 0. The van der Waals surface area contributed by atoms with Crippen LogP contribution in [0.25, 0.3) is 11.3 Å². The number of aromatic amines is 1. The number of hydrogen-bond acceptors (Lipinski definition) is 3. The van der Waals surface area contributed by atoms with Crippen LogP contribution in [0.4, 0.5) is 4.39 Å². The zero-order chi connectivity index (χ0) is 13.9. The van der Waals surface area contributed by atoms with Gasteiger partial charge >= 0.3 is 0 Å². The standard InChI is InChI=1S/C15H10FN3O/c16-12-8-6-10(7-9-12)13-14(18-19-17-13)15(20)11-4-2-1-3-5-11/h1-9H,(H,17,18,19). The molecule has 0 saturated carbocycles. The van der Waals surface area contributed by atoms with Crippen LogP contribution < -0.4 is 0 Å². The molecule has 0 spiro atoms. The van der Waals surface area contributed by atoms with Gasteiger partial charge in [0.25, 0.3) is 0 Å². The van der Waals surface area contributed by atoms with Crippen molar-refractivity contribution in [2.24, 2.45) is 0 Å². The van der Waals surface area contributed by atoms with Crippen molar-refractivity contribution in [2.45, 2.75) is 0 Å². The second-order valence-electron chi connectivity index (χ2n) is 4.22. The molecule has 0 aliphatic heterocycles. The molecule has 0 aliphatic carbocycles. The van der Waals surface area contributed by atoms with Gasteiger partial charge in [-0.3, -0.25) is 4.79 Å². The SMILES string of the molecule is O=C(c1ccccc1)c1n[nH]nc1-c1ccc(F)cc1. The Bertz CT molecular complexity index is 735. The molecule has 3 aromatic rings. The maximum absolute atomic E-state index is 12.9. The second-order valence-corrected chi connectivity index (χ2v) is 4.22. The molecular formula is C15H10FN3O. The Morgan fingerprint density at radius 3 is 2.35 bits per heavy atom. The summed E-state index contributed by atoms with van der Waals surface area (Å²) in [5.74, 6) is -0.563. The first kappa shape index (κ1) is 12.2. The van der Waals surface area contributed by atoms with E-state index in [0.717, 1.165) is 0 Å². The van der Waals surface area contributed by atoms with Gasteiger partial charge < -0.3 is 0 Å². The van der Waals surface area contributed by atoms with Crippen molar-refractivity contribution in [3.63, 3.8) is 0 Å². The highest BCUT2D eigenvalue weighted by Crippen LogP contribution is 2.22. The van der Waals surface area contributed by atoms with Crippen LogP contribution in [-0.2, 0) is 0 Å². The largest absolute Gasteiger partial charge is 0.287 e. The zero-order valence-electron chi connectivity index (χ0n) is 10.4. The number of nitrogens with zero attached hydrogens (tertiary/aromatic N) is 2. The minimum atomic E-state index is -0.340. The van der Waals surface area contributed by atoms with Gasteiger partial charge in [0.1, 0.15) is 11.5 Å². The fourth-order valence-electron chi connectivity index (χ4n) is 1.92. The molecule has 0 unspecified atom stereocenters. The molecule has 1 aromatic heterocycles. The normalized spacial score (nSPS) is 10.4. The topological polar surface area (TPSA) is 58.6 Å². The number of halogens is 1. The average Bonchev–Trinajstić information content (AvgIpc) is 2.97. The molecule has 1 N–H and O–H groups in total. The lowest BCUT2D eigenvalue weighted by Gasteiger charge is -2.01. The first-order chi connectivity index (χ1) is 9.75. The molecule has 0 fully saturated rings. The van der Waals surface area contributed by atoms with E-state index in [2.05, 4.69) is 15.4 Å². The van der Waals surface area contributed by atoms with Crippen LogP contribution in [0.5, 0.6) is 0 Å². The second kappa shape index (κ2) is 5.05. The van der Waals surface area contributed by atoms with E-state index in [0.29, 0.717) is 16.8 Å². The van der Waals surface area contributed by atoms with Crippen LogP contribution in [-0.4, -0.2) is 21.2 Å². The minimum absolute atomic E-state index is 0.223. The third-order valence-electron chi connectivity index (χ3n) is 2.92. The summed E-state index contributed by atoms with van der Waals surface area (Å²) in [5.41, 5.74) is 1.81. The van der Waals surface area contributed by atoms with Crippen molar-refractivity contribution in [3.8, 4) is 11.3 Å². The van der Waals surface area contributed by atoms with E-state index in [-0.39, 0.29) is 17.3 Å². The lowest BCUT2D eigenvalue weighted by molar-refractivity contribution is 0.103. The van der Waals surface area contributed by atoms with Crippen LogP contribution in [0, 0.1) is 5.82 Å². The number of aromatic nitrogens is 3. The molecule has 0 radical (unpaired) electrons. The fraction of sp³-hybridized carbons (Fsp3) is 0. The van der Waals surface area contributed by atoms with Crippen LogP contribution >= 0.6 is 0 Å². The van der Waals surface area contributed by atoms with E-state index in [4.69, 9.17) is 0 Å². The third-order valence-corrected chi connectivity index (χ3v) is 2.92. The Kier molecular flexibility index (Phi) is 3.09. The van der Waals surface area contributed by atoms with Crippen molar-refractivity contribution in [1.29, 1.82) is 0 Å². The van der Waals surface area contributed by atoms with Gasteiger partial charge in [-0.05, 0) is 24.3 Å². The average molecular weight is 267 g/mol. The van der Waals surface area contributed by atoms with Crippen molar-refractivity contribution in [2.75, 3.05) is 0 Å². The van der Waals surface area contributed by atoms with Crippen LogP contribution in [0.2, 0.25) is 0 Å². The summed E-state index contributed by atoms with van der Waals surface area (Å²) < 4.78 is 12.9. The van der Waals surface area contributed by atoms with E-state index < -0.39 is 0 Å². The molecule has 5 heteroatoms. The zero-order valence-corrected chi connectivity index (χ0v) is 10.4. The highest BCUT2D eigenvalue weighted by molar-refractivity contribution is 6.10. The Morgan fingerprint density at radius 1 is 0.950 bits per heavy atom. The number of carbonyl (C=O) groups excluding carboxylic acids is 1. The summed E-state index contributed by atoms with van der Waals surface area (Å²) in [4.78, 5) is 12.4. The van der Waals surface area contributed by atoms with E-state index in [1.807, 2.05) is 6.07 Å². The van der Waals surface area contributed by atoms with E-state index in [1.54, 1.807) is 36.4 Å². The highest BCUT2D eigenvalue weighted by Gasteiger charge is 2.19. The summed E-state index contributed by atoms with van der Waals surface area (Å²) in [6.07, 6.45) is 0. The lowest BCUT2D eigenvalue weighted by Crippen LogP contribution is -2.03. The first-order valence-electron chi connectivity index (χ1n) is 6.02. The van der Waals surface area contributed by atoms with Gasteiger partial charge in [0.2, 0.25) is 5.78 Å². The molecule has 4 nitrogen and oxygen atoms in total. The lowest BCUT2D eigenvalue weighted by atomic mass is 10.0. The van der Waals surface area contributed by atoms with Crippen molar-refractivity contribution >= 4 is 5.78 Å². The monoisotopic (exact) mass is 267 g/mol. The molecule has 0 bridgehead atoms. The molecule has 0 aliphatic rings. The summed E-state index contributed by atoms with van der Waals surface area (Å²) in [6.45, 7) is 0. The van der Waals surface area contributed by atoms with Crippen LogP contribution in [0.3, 0.4) is 0 Å². The predicted octanol–water partition coefficient (Wildman–Crippen LogP) is 2.84. The quantitative estimate of drug-likeness (QED) is 0.742. The number of carbonyl (C=O) groups is 1. The number of rotatable bonds is 3. The first-order valence-corrected chi connectivity index (χ1v) is 6.02. The molecule has 98 valence electrons. The van der Waals surface area contributed by atoms with Gasteiger partial charge in [0.05, 0.1) is 0 Å². The summed E-state index contributed by atoms with van der Waals surface area (Å²) in [6, 6.07) is 14.6. The maximum Gasteiger partial charge on any atom is 0.215 e. The van der Waals surface area contributed by atoms with Gasteiger partial charge in [0.15, 0.2) is 5.69 Å². The Hall–Kier alpha value is -2.82. The Balaban J connectivity index is 2.02. The van der Waals surface area contributed by atoms with Gasteiger partial charge in [-0.25, -0.2) is 4.39 Å². The number of nitrogens with one attached hydrogen (secondary N) is 1. The third kappa shape index (κ3) is 2.21. The number of hydrogen-bond donors (Lipinski definition) is 1. The van der Waals surface area contributed by atoms with Gasteiger partial charge in [-0.15, -0.1) is 0 Å². The van der Waals surface area contributed by atoms with Crippen molar-refractivity contribution in [1.82, 2.24) is 15.4 Å². The molecule has 2 aromatic carbocycles. The highest BCUT2D eigenvalue weighted by atomic mass is 19.1. The van der Waals surface area contributed by atoms with E-state index in [9.17, 15) is 9.18 Å². The van der Waals surface area contributed by atoms with Crippen LogP contribution in [0.15, 0.2) is 54.6 Å². The van der Waals surface area contributed by atoms with Crippen molar-refractivity contribution in [3.05, 3.63) is 71.7 Å². The Labute approximate surface area is 114 Å². The fourth-order valence-corrected chi connectivity index (χ4v) is 1.92. The van der Waals surface area contributed by atoms with Gasteiger partial charge in [-0.2, -0.15) is 15.4 Å². The molecule has 20 heavy (non-hydrogen) atoms. The molecular weight excluding hydrogens is 257 g/mol. The van der Waals surface area contributed by atoms with Gasteiger partial charge in [-0.1, -0.05) is 30.3 Å². The smallest absolute Gasteiger partial charge is 0.215 e. The minimum Gasteiger partial charge on any atom is -0.287 e. The van der Waals surface area contributed by atoms with Crippen LogP contribution in [0.1, 0.15) is 16.1 Å². The van der Waals surface area contributed by atoms with E-state index >= 15 is 0 Å². The van der Waals surface area contributed by atoms with E-state index in [1.165, 1.54) is 12.1 Å². The predicted molar refractivity (Wildman–Crippen MR) is 71.7 cm³/mol. The van der Waals surface area contributed by atoms with Crippen molar-refractivity contribution < 1.29 is 9.18 Å². The molecule has 1 heterocycles. The number of benzene rings is 2.